The van der Waals surface area contributed by atoms with Gasteiger partial charge in [0.1, 0.15) is 0 Å². The third-order valence-corrected chi connectivity index (χ3v) is 1.73. The Morgan fingerprint density at radius 3 is 3.00 bits per heavy atom. The van der Waals surface area contributed by atoms with Crippen molar-refractivity contribution in [3.8, 4) is 0 Å². The summed E-state index contributed by atoms with van der Waals surface area (Å²) in [5.41, 5.74) is 1.15. The van der Waals surface area contributed by atoms with Crippen LogP contribution in [0.5, 0.6) is 0 Å². The van der Waals surface area contributed by atoms with Gasteiger partial charge >= 0.3 is 0 Å². The minimum Gasteiger partial charge on any atom is -0.355 e. The van der Waals surface area contributed by atoms with Crippen LogP contribution in [-0.4, -0.2) is 24.0 Å². The van der Waals surface area contributed by atoms with Gasteiger partial charge in [-0.3, -0.25) is 9.78 Å². The second kappa shape index (κ2) is 6.10. The van der Waals surface area contributed by atoms with E-state index in [0.717, 1.165) is 18.7 Å². The summed E-state index contributed by atoms with van der Waals surface area (Å²) in [6.45, 7) is 3.73. The minimum absolute atomic E-state index is 0.00757. The second-order valence-electron chi connectivity index (χ2n) is 3.02. The summed E-state index contributed by atoms with van der Waals surface area (Å²) in [6.07, 6.45) is 3.58. The van der Waals surface area contributed by atoms with Gasteiger partial charge in [-0.2, -0.15) is 0 Å². The van der Waals surface area contributed by atoms with Gasteiger partial charge in [-0.05, 0) is 11.6 Å². The number of nitrogens with one attached hydrogen (secondary N) is 2. The van der Waals surface area contributed by atoms with E-state index in [1.165, 1.54) is 6.92 Å². The van der Waals surface area contributed by atoms with Crippen LogP contribution < -0.4 is 10.6 Å². The first-order valence-corrected chi connectivity index (χ1v) is 4.63. The van der Waals surface area contributed by atoms with Gasteiger partial charge in [0.15, 0.2) is 0 Å². The van der Waals surface area contributed by atoms with Gasteiger partial charge < -0.3 is 10.6 Å². The molecule has 1 amide bonds. The molecule has 0 saturated carbocycles. The third kappa shape index (κ3) is 4.57. The van der Waals surface area contributed by atoms with E-state index in [1.54, 1.807) is 6.20 Å². The molecule has 0 bridgehead atoms. The molecule has 1 heterocycles. The Hall–Kier alpha value is -1.42. The lowest BCUT2D eigenvalue weighted by Crippen LogP contribution is -2.29. The van der Waals surface area contributed by atoms with Crippen molar-refractivity contribution in [2.24, 2.45) is 0 Å². The highest BCUT2D eigenvalue weighted by atomic mass is 16.1. The van der Waals surface area contributed by atoms with Crippen molar-refractivity contribution in [3.63, 3.8) is 0 Å². The van der Waals surface area contributed by atoms with Crippen LogP contribution in [0.4, 0.5) is 0 Å². The molecule has 76 valence electrons. The molecule has 0 aliphatic heterocycles. The van der Waals surface area contributed by atoms with Crippen molar-refractivity contribution >= 4 is 5.91 Å². The first-order chi connectivity index (χ1) is 6.79. The van der Waals surface area contributed by atoms with Crippen LogP contribution in [0, 0.1) is 0 Å². The van der Waals surface area contributed by atoms with Gasteiger partial charge in [0.05, 0.1) is 0 Å². The summed E-state index contributed by atoms with van der Waals surface area (Å²) >= 11 is 0. The molecule has 0 aromatic carbocycles. The molecule has 0 saturated heterocycles. The van der Waals surface area contributed by atoms with Crippen LogP contribution in [0.15, 0.2) is 24.5 Å². The van der Waals surface area contributed by atoms with Crippen molar-refractivity contribution < 1.29 is 4.79 Å². The molecular weight excluding hydrogens is 178 g/mol. The Morgan fingerprint density at radius 2 is 2.36 bits per heavy atom. The molecule has 0 unspecified atom stereocenters. The average molecular weight is 193 g/mol. The standard InChI is InChI=1S/C10H15N3O/c1-9(14)13-6-5-12-8-10-3-2-4-11-7-10/h2-4,7,12H,5-6,8H2,1H3,(H,13,14). The van der Waals surface area contributed by atoms with Crippen molar-refractivity contribution in [1.82, 2.24) is 15.6 Å². The molecule has 4 heteroatoms. The van der Waals surface area contributed by atoms with Crippen molar-refractivity contribution in [2.45, 2.75) is 13.5 Å². The maximum atomic E-state index is 10.5. The molecule has 0 aliphatic carbocycles. The second-order valence-corrected chi connectivity index (χ2v) is 3.02. The molecule has 1 rings (SSSR count). The lowest BCUT2D eigenvalue weighted by atomic mass is 10.3. The van der Waals surface area contributed by atoms with E-state index < -0.39 is 0 Å². The fraction of sp³-hybridized carbons (Fsp3) is 0.400. The highest BCUT2D eigenvalue weighted by molar-refractivity contribution is 5.72. The van der Waals surface area contributed by atoms with Crippen LogP contribution in [0.3, 0.4) is 0 Å². The number of hydrogen-bond acceptors (Lipinski definition) is 3. The fourth-order valence-corrected chi connectivity index (χ4v) is 1.06. The molecule has 1 aromatic heterocycles. The zero-order valence-corrected chi connectivity index (χ0v) is 8.29. The number of pyridine rings is 1. The smallest absolute Gasteiger partial charge is 0.216 e. The SMILES string of the molecule is CC(=O)NCCNCc1cccnc1. The lowest BCUT2D eigenvalue weighted by molar-refractivity contribution is -0.118. The number of aromatic nitrogens is 1. The van der Waals surface area contributed by atoms with E-state index >= 15 is 0 Å². The molecule has 4 nitrogen and oxygen atoms in total. The van der Waals surface area contributed by atoms with Gasteiger partial charge in [0, 0.05) is 39.0 Å². The van der Waals surface area contributed by atoms with Crippen molar-refractivity contribution in [1.29, 1.82) is 0 Å². The summed E-state index contributed by atoms with van der Waals surface area (Å²) < 4.78 is 0. The Balaban J connectivity index is 2.08. The van der Waals surface area contributed by atoms with Crippen molar-refractivity contribution in [3.05, 3.63) is 30.1 Å². The highest BCUT2D eigenvalue weighted by Gasteiger charge is 1.92. The number of hydrogen-bond donors (Lipinski definition) is 2. The topological polar surface area (TPSA) is 54.0 Å². The normalized spacial score (nSPS) is 9.79. The lowest BCUT2D eigenvalue weighted by Gasteiger charge is -2.04. The number of nitrogens with zero attached hydrogens (tertiary/aromatic N) is 1. The molecule has 0 aliphatic rings. The number of carbonyl (C=O) groups is 1. The Bertz CT molecular complexity index is 274. The van der Waals surface area contributed by atoms with Gasteiger partial charge in [0.25, 0.3) is 0 Å². The Morgan fingerprint density at radius 1 is 1.50 bits per heavy atom. The summed E-state index contributed by atoms with van der Waals surface area (Å²) in [7, 11) is 0. The zero-order chi connectivity index (χ0) is 10.2. The molecule has 0 fully saturated rings. The van der Waals surface area contributed by atoms with Crippen LogP contribution >= 0.6 is 0 Å². The van der Waals surface area contributed by atoms with E-state index in [-0.39, 0.29) is 5.91 Å². The average Bonchev–Trinajstić information content (AvgIpc) is 2.18. The molecule has 0 radical (unpaired) electrons. The Labute approximate surface area is 83.7 Å². The Kier molecular flexibility index (Phi) is 4.64. The molecule has 2 N–H and O–H groups in total. The van der Waals surface area contributed by atoms with Gasteiger partial charge in [-0.25, -0.2) is 0 Å². The van der Waals surface area contributed by atoms with Gasteiger partial charge in [-0.15, -0.1) is 0 Å². The van der Waals surface area contributed by atoms with Gasteiger partial charge in [0.2, 0.25) is 5.91 Å². The van der Waals surface area contributed by atoms with E-state index in [2.05, 4.69) is 15.6 Å². The molecule has 1 aromatic rings. The molecule has 0 spiro atoms. The maximum absolute atomic E-state index is 10.5. The summed E-state index contributed by atoms with van der Waals surface area (Å²) in [6, 6.07) is 3.92. The number of amides is 1. The molecule has 0 atom stereocenters. The summed E-state index contributed by atoms with van der Waals surface area (Å²) in [4.78, 5) is 14.5. The van der Waals surface area contributed by atoms with Crippen LogP contribution in [0.1, 0.15) is 12.5 Å². The van der Waals surface area contributed by atoms with Crippen LogP contribution in [-0.2, 0) is 11.3 Å². The quantitative estimate of drug-likeness (QED) is 0.662. The summed E-state index contributed by atoms with van der Waals surface area (Å²) in [5.74, 6) is 0.00757. The fourth-order valence-electron chi connectivity index (χ4n) is 1.06. The van der Waals surface area contributed by atoms with E-state index in [4.69, 9.17) is 0 Å². The van der Waals surface area contributed by atoms with E-state index in [0.29, 0.717) is 6.54 Å². The van der Waals surface area contributed by atoms with Gasteiger partial charge in [-0.1, -0.05) is 6.07 Å². The van der Waals surface area contributed by atoms with Crippen LogP contribution in [0.25, 0.3) is 0 Å². The monoisotopic (exact) mass is 193 g/mol. The third-order valence-electron chi connectivity index (χ3n) is 1.73. The minimum atomic E-state index is 0.00757. The highest BCUT2D eigenvalue weighted by Crippen LogP contribution is 1.93. The predicted molar refractivity (Wildman–Crippen MR) is 54.6 cm³/mol. The number of rotatable bonds is 5. The molecular formula is C10H15N3O. The largest absolute Gasteiger partial charge is 0.355 e. The van der Waals surface area contributed by atoms with E-state index in [9.17, 15) is 4.79 Å². The van der Waals surface area contributed by atoms with Crippen molar-refractivity contribution in [2.75, 3.05) is 13.1 Å². The maximum Gasteiger partial charge on any atom is 0.216 e. The first kappa shape index (κ1) is 10.7. The van der Waals surface area contributed by atoms with E-state index in [1.807, 2.05) is 18.3 Å². The summed E-state index contributed by atoms with van der Waals surface area (Å²) in [5, 5.41) is 5.92. The predicted octanol–water partition coefficient (Wildman–Crippen LogP) is 0.307. The first-order valence-electron chi connectivity index (χ1n) is 4.63. The number of carbonyl (C=O) groups excluding carboxylic acids is 1. The molecule has 14 heavy (non-hydrogen) atoms. The van der Waals surface area contributed by atoms with Crippen LogP contribution in [0.2, 0.25) is 0 Å². The zero-order valence-electron chi connectivity index (χ0n) is 8.29.